The predicted molar refractivity (Wildman–Crippen MR) is 83.9 cm³/mol. The second-order valence-electron chi connectivity index (χ2n) is 6.34. The van der Waals surface area contributed by atoms with Gasteiger partial charge in [0.2, 0.25) is 0 Å². The van der Waals surface area contributed by atoms with E-state index in [1.54, 1.807) is 0 Å². The number of halogens is 2. The summed E-state index contributed by atoms with van der Waals surface area (Å²) < 4.78 is 50.6. The molecule has 0 atom stereocenters. The molecule has 0 aromatic heterocycles. The first-order valence-corrected chi connectivity index (χ1v) is 9.38. The van der Waals surface area contributed by atoms with Crippen molar-refractivity contribution in [1.29, 1.82) is 0 Å². The largest absolute Gasteiger partial charge is 0.339 e. The van der Waals surface area contributed by atoms with Crippen molar-refractivity contribution in [2.75, 3.05) is 18.8 Å². The SMILES string of the molecule is CC(C)CS(=O)(=O)C1CCN(C(=O)c2ccc(F)c(F)c2)CC1. The summed E-state index contributed by atoms with van der Waals surface area (Å²) in [5.74, 6) is -2.25. The van der Waals surface area contributed by atoms with E-state index in [0.29, 0.717) is 25.9 Å². The van der Waals surface area contributed by atoms with Crippen LogP contribution in [0.1, 0.15) is 37.0 Å². The second-order valence-corrected chi connectivity index (χ2v) is 8.67. The number of hydrogen-bond acceptors (Lipinski definition) is 3. The first-order valence-electron chi connectivity index (χ1n) is 7.66. The van der Waals surface area contributed by atoms with E-state index in [-0.39, 0.29) is 17.2 Å². The van der Waals surface area contributed by atoms with Crippen LogP contribution >= 0.6 is 0 Å². The van der Waals surface area contributed by atoms with Gasteiger partial charge < -0.3 is 4.90 Å². The molecule has 23 heavy (non-hydrogen) atoms. The van der Waals surface area contributed by atoms with Gasteiger partial charge in [-0.05, 0) is 37.0 Å². The molecule has 4 nitrogen and oxygen atoms in total. The van der Waals surface area contributed by atoms with Gasteiger partial charge >= 0.3 is 0 Å². The highest BCUT2D eigenvalue weighted by molar-refractivity contribution is 7.92. The molecule has 0 bridgehead atoms. The van der Waals surface area contributed by atoms with E-state index < -0.39 is 32.6 Å². The number of piperidine rings is 1. The maximum absolute atomic E-state index is 13.2. The van der Waals surface area contributed by atoms with E-state index in [0.717, 1.165) is 12.1 Å². The molecular weight excluding hydrogens is 324 g/mol. The zero-order chi connectivity index (χ0) is 17.2. The van der Waals surface area contributed by atoms with E-state index in [4.69, 9.17) is 0 Å². The van der Waals surface area contributed by atoms with Gasteiger partial charge in [0.25, 0.3) is 5.91 Å². The van der Waals surface area contributed by atoms with Crippen molar-refractivity contribution in [3.8, 4) is 0 Å². The number of likely N-dealkylation sites (tertiary alicyclic amines) is 1. The Morgan fingerprint density at radius 2 is 1.83 bits per heavy atom. The Balaban J connectivity index is 2.01. The molecule has 0 N–H and O–H groups in total. The molecule has 0 saturated carbocycles. The molecule has 7 heteroatoms. The molecule has 0 radical (unpaired) electrons. The van der Waals surface area contributed by atoms with Crippen molar-refractivity contribution in [3.05, 3.63) is 35.4 Å². The molecule has 128 valence electrons. The van der Waals surface area contributed by atoms with Crippen molar-refractivity contribution >= 4 is 15.7 Å². The minimum atomic E-state index is -3.16. The first kappa shape index (κ1) is 17.8. The highest BCUT2D eigenvalue weighted by Gasteiger charge is 2.32. The normalized spacial score (nSPS) is 16.8. The number of nitrogens with zero attached hydrogens (tertiary/aromatic N) is 1. The Hall–Kier alpha value is -1.50. The molecule has 0 unspecified atom stereocenters. The third-order valence-corrected chi connectivity index (χ3v) is 6.59. The van der Waals surface area contributed by atoms with Gasteiger partial charge in [-0.1, -0.05) is 13.8 Å². The summed E-state index contributed by atoms with van der Waals surface area (Å²) in [4.78, 5) is 13.8. The summed E-state index contributed by atoms with van der Waals surface area (Å²) in [5, 5.41) is -0.432. The molecule has 1 aromatic rings. The lowest BCUT2D eigenvalue weighted by Crippen LogP contribution is -2.43. The Morgan fingerprint density at radius 3 is 2.35 bits per heavy atom. The number of benzene rings is 1. The highest BCUT2D eigenvalue weighted by atomic mass is 32.2. The van der Waals surface area contributed by atoms with Crippen LogP contribution in [0.3, 0.4) is 0 Å². The third-order valence-electron chi connectivity index (χ3n) is 3.97. The van der Waals surface area contributed by atoms with Crippen molar-refractivity contribution in [2.24, 2.45) is 5.92 Å². The number of carbonyl (C=O) groups excluding carboxylic acids is 1. The molecule has 0 aliphatic carbocycles. The van der Waals surface area contributed by atoms with Gasteiger partial charge in [-0.2, -0.15) is 0 Å². The summed E-state index contributed by atoms with van der Waals surface area (Å²) >= 11 is 0. The number of hydrogen-bond donors (Lipinski definition) is 0. The Kier molecular flexibility index (Phi) is 5.39. The average molecular weight is 345 g/mol. The maximum atomic E-state index is 13.2. The predicted octanol–water partition coefficient (Wildman–Crippen LogP) is 2.64. The van der Waals surface area contributed by atoms with Crippen LogP contribution in [-0.2, 0) is 9.84 Å². The lowest BCUT2D eigenvalue weighted by molar-refractivity contribution is 0.0725. The minimum Gasteiger partial charge on any atom is -0.339 e. The van der Waals surface area contributed by atoms with Crippen molar-refractivity contribution in [2.45, 2.75) is 31.9 Å². The van der Waals surface area contributed by atoms with Gasteiger partial charge in [0.1, 0.15) is 0 Å². The first-order chi connectivity index (χ1) is 10.7. The van der Waals surface area contributed by atoms with E-state index in [1.807, 2.05) is 13.8 Å². The quantitative estimate of drug-likeness (QED) is 0.843. The van der Waals surface area contributed by atoms with Crippen LogP contribution in [0.15, 0.2) is 18.2 Å². The number of rotatable bonds is 4. The van der Waals surface area contributed by atoms with Crippen LogP contribution < -0.4 is 0 Å². The van der Waals surface area contributed by atoms with E-state index in [2.05, 4.69) is 0 Å². The van der Waals surface area contributed by atoms with Crippen LogP contribution in [0.4, 0.5) is 8.78 Å². The minimum absolute atomic E-state index is 0.0712. The summed E-state index contributed by atoms with van der Waals surface area (Å²) in [6.45, 7) is 4.33. The van der Waals surface area contributed by atoms with Crippen molar-refractivity contribution < 1.29 is 22.0 Å². The zero-order valence-electron chi connectivity index (χ0n) is 13.3. The highest BCUT2D eigenvalue weighted by Crippen LogP contribution is 2.22. The fraction of sp³-hybridized carbons (Fsp3) is 0.562. The fourth-order valence-electron chi connectivity index (χ4n) is 2.83. The third kappa shape index (κ3) is 4.28. The molecule has 1 aliphatic rings. The second kappa shape index (κ2) is 6.95. The summed E-state index contributed by atoms with van der Waals surface area (Å²) in [5.41, 5.74) is 0.0763. The Labute approximate surface area is 135 Å². The lowest BCUT2D eigenvalue weighted by Gasteiger charge is -2.32. The summed E-state index contributed by atoms with van der Waals surface area (Å²) in [6, 6.07) is 3.03. The standard InChI is InChI=1S/C16H21F2NO3S/c1-11(2)10-23(21,22)13-5-7-19(8-6-13)16(20)12-3-4-14(17)15(18)9-12/h3-4,9,11,13H,5-8,10H2,1-2H3. The van der Waals surface area contributed by atoms with Crippen LogP contribution in [0.5, 0.6) is 0 Å². The zero-order valence-corrected chi connectivity index (χ0v) is 14.1. The molecule has 0 spiro atoms. The molecule has 1 fully saturated rings. The lowest BCUT2D eigenvalue weighted by atomic mass is 10.1. The van der Waals surface area contributed by atoms with Crippen molar-refractivity contribution in [1.82, 2.24) is 4.90 Å². The topological polar surface area (TPSA) is 54.5 Å². The van der Waals surface area contributed by atoms with E-state index >= 15 is 0 Å². The van der Waals surface area contributed by atoms with Gasteiger partial charge in [-0.25, -0.2) is 17.2 Å². The average Bonchev–Trinajstić information content (AvgIpc) is 2.48. The van der Waals surface area contributed by atoms with Gasteiger partial charge in [-0.15, -0.1) is 0 Å². The summed E-state index contributed by atoms with van der Waals surface area (Å²) in [6.07, 6.45) is 0.759. The number of carbonyl (C=O) groups is 1. The maximum Gasteiger partial charge on any atom is 0.253 e. The van der Waals surface area contributed by atoms with Crippen LogP contribution in [0.2, 0.25) is 0 Å². The smallest absolute Gasteiger partial charge is 0.253 e. The Morgan fingerprint density at radius 1 is 1.22 bits per heavy atom. The molecule has 1 aromatic carbocycles. The van der Waals surface area contributed by atoms with Crippen molar-refractivity contribution in [3.63, 3.8) is 0 Å². The number of amides is 1. The molecular formula is C16H21F2NO3S. The van der Waals surface area contributed by atoms with Crippen LogP contribution in [0.25, 0.3) is 0 Å². The van der Waals surface area contributed by atoms with Gasteiger partial charge in [0.05, 0.1) is 11.0 Å². The number of sulfone groups is 1. The fourth-order valence-corrected chi connectivity index (χ4v) is 4.96. The molecule has 1 heterocycles. The van der Waals surface area contributed by atoms with Gasteiger partial charge in [0.15, 0.2) is 21.5 Å². The molecule has 1 amide bonds. The Bertz CT molecular complexity index is 681. The van der Waals surface area contributed by atoms with E-state index in [1.165, 1.54) is 11.0 Å². The van der Waals surface area contributed by atoms with Gasteiger partial charge in [0, 0.05) is 18.7 Å². The summed E-state index contributed by atoms with van der Waals surface area (Å²) in [7, 11) is -3.16. The molecule has 1 saturated heterocycles. The van der Waals surface area contributed by atoms with Gasteiger partial charge in [-0.3, -0.25) is 4.79 Å². The molecule has 1 aliphatic heterocycles. The van der Waals surface area contributed by atoms with Crippen LogP contribution in [-0.4, -0.2) is 43.3 Å². The molecule has 2 rings (SSSR count). The monoisotopic (exact) mass is 345 g/mol. The van der Waals surface area contributed by atoms with E-state index in [9.17, 15) is 22.0 Å². The van der Waals surface area contributed by atoms with Crippen LogP contribution in [0, 0.1) is 17.6 Å².